The van der Waals surface area contributed by atoms with Crippen molar-refractivity contribution in [2.75, 3.05) is 20.8 Å². The summed E-state index contributed by atoms with van der Waals surface area (Å²) in [6.07, 6.45) is 0. The van der Waals surface area contributed by atoms with Crippen LogP contribution >= 0.6 is 11.3 Å². The molecule has 0 aliphatic carbocycles. The number of hydrogen-bond donors (Lipinski definition) is 0. The number of thiazole rings is 1. The third-order valence-electron chi connectivity index (χ3n) is 5.53. The number of nitro benzene ring substituents is 1. The quantitative estimate of drug-likeness (QED) is 0.146. The van der Waals surface area contributed by atoms with Gasteiger partial charge in [-0.05, 0) is 54.4 Å². The lowest BCUT2D eigenvalue weighted by Crippen LogP contribution is -2.13. The van der Waals surface area contributed by atoms with Crippen molar-refractivity contribution in [1.29, 1.82) is 0 Å². The highest BCUT2D eigenvalue weighted by molar-refractivity contribution is 7.09. The van der Waals surface area contributed by atoms with Crippen molar-refractivity contribution in [3.05, 3.63) is 86.7 Å². The number of carbonyl (C=O) groups is 1. The van der Waals surface area contributed by atoms with E-state index < -0.39 is 10.9 Å². The first-order chi connectivity index (χ1) is 17.9. The molecule has 1 heterocycles. The first-order valence-electron chi connectivity index (χ1n) is 11.2. The van der Waals surface area contributed by atoms with Crippen LogP contribution in [0, 0.1) is 17.0 Å². The number of ether oxygens (including phenoxy) is 4. The Bertz CT molecular complexity index is 1400. The molecule has 0 radical (unpaired) electrons. The van der Waals surface area contributed by atoms with Crippen molar-refractivity contribution < 1.29 is 28.7 Å². The van der Waals surface area contributed by atoms with Crippen LogP contribution in [0.1, 0.15) is 10.6 Å². The first kappa shape index (κ1) is 25.6. The van der Waals surface area contributed by atoms with Crippen LogP contribution in [0.15, 0.2) is 66.0 Å². The van der Waals surface area contributed by atoms with Gasteiger partial charge in [-0.2, -0.15) is 0 Å². The SMILES string of the molecule is COC(=O)COc1cc(-c2ccc(OC)cc2)c(OCc2nc(-c3ccc([N+](=O)[O-])cc3)cs2)cc1C. The van der Waals surface area contributed by atoms with E-state index in [-0.39, 0.29) is 18.9 Å². The number of carbonyl (C=O) groups excluding carboxylic acids is 1. The van der Waals surface area contributed by atoms with Gasteiger partial charge >= 0.3 is 5.97 Å². The predicted molar refractivity (Wildman–Crippen MR) is 139 cm³/mol. The zero-order valence-corrected chi connectivity index (χ0v) is 21.2. The second-order valence-electron chi connectivity index (χ2n) is 7.93. The molecule has 1 aromatic heterocycles. The van der Waals surface area contributed by atoms with Crippen molar-refractivity contribution in [1.82, 2.24) is 4.98 Å². The van der Waals surface area contributed by atoms with Crippen LogP contribution in [0.4, 0.5) is 5.69 Å². The maximum atomic E-state index is 11.6. The van der Waals surface area contributed by atoms with Crippen molar-refractivity contribution in [3.63, 3.8) is 0 Å². The first-order valence-corrected chi connectivity index (χ1v) is 12.1. The number of benzene rings is 3. The number of rotatable bonds is 10. The fourth-order valence-corrected chi connectivity index (χ4v) is 4.25. The maximum Gasteiger partial charge on any atom is 0.343 e. The Hall–Kier alpha value is -4.44. The van der Waals surface area contributed by atoms with Gasteiger partial charge in [-0.15, -0.1) is 11.3 Å². The number of nitro groups is 1. The molecule has 0 atom stereocenters. The highest BCUT2D eigenvalue weighted by Gasteiger charge is 2.15. The molecular formula is C27H24N2O7S. The minimum Gasteiger partial charge on any atom is -0.497 e. The van der Waals surface area contributed by atoms with Crippen molar-refractivity contribution >= 4 is 23.0 Å². The summed E-state index contributed by atoms with van der Waals surface area (Å²) in [5.41, 5.74) is 3.99. The molecule has 0 aliphatic heterocycles. The lowest BCUT2D eigenvalue weighted by Gasteiger charge is -2.16. The molecule has 37 heavy (non-hydrogen) atoms. The van der Waals surface area contributed by atoms with Crippen LogP contribution in [0.25, 0.3) is 22.4 Å². The molecular weight excluding hydrogens is 496 g/mol. The number of hydrogen-bond acceptors (Lipinski definition) is 9. The summed E-state index contributed by atoms with van der Waals surface area (Å²) in [6.45, 7) is 1.89. The summed E-state index contributed by atoms with van der Waals surface area (Å²) in [6, 6.07) is 17.5. The molecule has 9 nitrogen and oxygen atoms in total. The summed E-state index contributed by atoms with van der Waals surface area (Å²) in [4.78, 5) is 26.7. The molecule has 0 fully saturated rings. The average molecular weight is 521 g/mol. The van der Waals surface area contributed by atoms with E-state index in [2.05, 4.69) is 9.72 Å². The van der Waals surface area contributed by atoms with E-state index in [4.69, 9.17) is 14.2 Å². The van der Waals surface area contributed by atoms with Crippen LogP contribution in [0.5, 0.6) is 17.2 Å². The van der Waals surface area contributed by atoms with Crippen LogP contribution in [0.3, 0.4) is 0 Å². The molecule has 0 amide bonds. The smallest absolute Gasteiger partial charge is 0.343 e. The molecule has 0 bridgehead atoms. The van der Waals surface area contributed by atoms with Crippen molar-refractivity contribution in [2.24, 2.45) is 0 Å². The highest BCUT2D eigenvalue weighted by atomic mass is 32.1. The molecule has 4 aromatic rings. The Kier molecular flexibility index (Phi) is 7.99. The van der Waals surface area contributed by atoms with E-state index in [0.29, 0.717) is 11.5 Å². The lowest BCUT2D eigenvalue weighted by molar-refractivity contribution is -0.384. The largest absolute Gasteiger partial charge is 0.497 e. The minimum atomic E-state index is -0.474. The summed E-state index contributed by atoms with van der Waals surface area (Å²) in [5, 5.41) is 13.5. The zero-order chi connectivity index (χ0) is 26.4. The Balaban J connectivity index is 1.57. The van der Waals surface area contributed by atoms with Gasteiger partial charge in [-0.1, -0.05) is 12.1 Å². The Morgan fingerprint density at radius 2 is 1.68 bits per heavy atom. The number of esters is 1. The van der Waals surface area contributed by atoms with E-state index in [1.54, 1.807) is 19.2 Å². The zero-order valence-electron chi connectivity index (χ0n) is 20.4. The molecule has 0 N–H and O–H groups in total. The number of aromatic nitrogens is 1. The molecule has 0 spiro atoms. The Labute approximate surface area is 217 Å². The fraction of sp³-hybridized carbons (Fsp3) is 0.185. The summed E-state index contributed by atoms with van der Waals surface area (Å²) in [5.74, 6) is 1.42. The standard InChI is InChI=1S/C27H24N2O7S/c1-17-12-25(35-14-26-28-23(16-37-26)19-4-8-20(9-5-19)29(31)32)22(13-24(17)36-15-27(30)34-3)18-6-10-21(33-2)11-7-18/h4-13,16H,14-15H2,1-3H3. The lowest BCUT2D eigenvalue weighted by atomic mass is 10.0. The van der Waals surface area contributed by atoms with E-state index >= 15 is 0 Å². The van der Waals surface area contributed by atoms with Crippen LogP contribution in [0.2, 0.25) is 0 Å². The second kappa shape index (κ2) is 11.5. The normalized spacial score (nSPS) is 10.6. The molecule has 4 rings (SSSR count). The van der Waals surface area contributed by atoms with Gasteiger partial charge in [0.1, 0.15) is 28.9 Å². The molecule has 190 valence electrons. The van der Waals surface area contributed by atoms with Crippen LogP contribution < -0.4 is 14.2 Å². The molecule has 10 heteroatoms. The summed E-state index contributed by atoms with van der Waals surface area (Å²) < 4.78 is 21.8. The van der Waals surface area contributed by atoms with Crippen LogP contribution in [-0.4, -0.2) is 36.7 Å². The highest BCUT2D eigenvalue weighted by Crippen LogP contribution is 2.37. The van der Waals surface area contributed by atoms with E-state index in [9.17, 15) is 14.9 Å². The van der Waals surface area contributed by atoms with Gasteiger partial charge in [0.25, 0.3) is 5.69 Å². The number of non-ortho nitro benzene ring substituents is 1. The van der Waals surface area contributed by atoms with Gasteiger partial charge in [0, 0.05) is 28.6 Å². The van der Waals surface area contributed by atoms with E-state index in [1.807, 2.05) is 48.7 Å². The van der Waals surface area contributed by atoms with Gasteiger partial charge in [0.2, 0.25) is 0 Å². The molecule has 0 aliphatic rings. The van der Waals surface area contributed by atoms with Gasteiger partial charge in [0.15, 0.2) is 6.61 Å². The van der Waals surface area contributed by atoms with E-state index in [0.717, 1.165) is 38.7 Å². The molecule has 0 saturated heterocycles. The maximum absolute atomic E-state index is 11.6. The number of aryl methyl sites for hydroxylation is 1. The third kappa shape index (κ3) is 6.22. The van der Waals surface area contributed by atoms with Gasteiger partial charge < -0.3 is 18.9 Å². The van der Waals surface area contributed by atoms with Gasteiger partial charge in [0.05, 0.1) is 24.8 Å². The third-order valence-corrected chi connectivity index (χ3v) is 6.35. The molecule has 0 unspecified atom stereocenters. The van der Waals surface area contributed by atoms with Gasteiger partial charge in [-0.25, -0.2) is 9.78 Å². The van der Waals surface area contributed by atoms with Gasteiger partial charge in [-0.3, -0.25) is 10.1 Å². The number of methoxy groups -OCH3 is 2. The average Bonchev–Trinajstić information content (AvgIpc) is 3.40. The minimum absolute atomic E-state index is 0.0305. The van der Waals surface area contributed by atoms with Crippen LogP contribution in [-0.2, 0) is 16.1 Å². The van der Waals surface area contributed by atoms with E-state index in [1.165, 1.54) is 30.6 Å². The van der Waals surface area contributed by atoms with Crippen molar-refractivity contribution in [3.8, 4) is 39.6 Å². The number of nitrogens with zero attached hydrogens (tertiary/aromatic N) is 2. The monoisotopic (exact) mass is 520 g/mol. The predicted octanol–water partition coefficient (Wildman–Crippen LogP) is 5.83. The summed E-state index contributed by atoms with van der Waals surface area (Å²) >= 11 is 1.44. The molecule has 0 saturated carbocycles. The topological polar surface area (TPSA) is 110 Å². The Morgan fingerprint density at radius 1 is 0.973 bits per heavy atom. The Morgan fingerprint density at radius 3 is 2.32 bits per heavy atom. The summed E-state index contributed by atoms with van der Waals surface area (Å²) in [7, 11) is 2.91. The van der Waals surface area contributed by atoms with Crippen molar-refractivity contribution in [2.45, 2.75) is 13.5 Å². The second-order valence-corrected chi connectivity index (χ2v) is 8.87. The fourth-order valence-electron chi connectivity index (χ4n) is 3.53. The molecule has 3 aromatic carbocycles.